The van der Waals surface area contributed by atoms with Crippen molar-refractivity contribution in [3.63, 3.8) is 0 Å². The number of halogens is 1. The van der Waals surface area contributed by atoms with E-state index in [9.17, 15) is 10.0 Å². The van der Waals surface area contributed by atoms with Crippen LogP contribution in [0.25, 0.3) is 0 Å². The minimum atomic E-state index is -1.47. The minimum Gasteiger partial charge on any atom is -0.423 e. The second-order valence-electron chi connectivity index (χ2n) is 5.61. The van der Waals surface area contributed by atoms with Crippen LogP contribution in [-0.2, 0) is 16.0 Å². The summed E-state index contributed by atoms with van der Waals surface area (Å²) in [6.45, 7) is 3.81. The van der Waals surface area contributed by atoms with Gasteiger partial charge in [-0.2, -0.15) is 0 Å². The van der Waals surface area contributed by atoms with Crippen LogP contribution in [-0.4, -0.2) is 54.2 Å². The molecular formula is C14H19BClNO4. The Balaban J connectivity index is 1.63. The molecule has 0 radical (unpaired) electrons. The second-order valence-corrected chi connectivity index (χ2v) is 6.02. The van der Waals surface area contributed by atoms with Gasteiger partial charge >= 0.3 is 7.12 Å². The van der Waals surface area contributed by atoms with Crippen LogP contribution in [0.5, 0.6) is 0 Å². The van der Waals surface area contributed by atoms with Crippen molar-refractivity contribution in [2.45, 2.75) is 25.2 Å². The molecule has 2 saturated heterocycles. The zero-order valence-electron chi connectivity index (χ0n) is 11.8. The molecule has 0 saturated carbocycles. The van der Waals surface area contributed by atoms with Crippen molar-refractivity contribution in [3.05, 3.63) is 28.8 Å². The summed E-state index contributed by atoms with van der Waals surface area (Å²) in [6.07, 6.45) is 1.71. The average molecular weight is 312 g/mol. The van der Waals surface area contributed by atoms with E-state index < -0.39 is 7.12 Å². The first-order chi connectivity index (χ1) is 10.1. The zero-order valence-corrected chi connectivity index (χ0v) is 12.6. The topological polar surface area (TPSA) is 62.2 Å². The third-order valence-corrected chi connectivity index (χ3v) is 4.56. The first kappa shape index (κ1) is 15.3. The summed E-state index contributed by atoms with van der Waals surface area (Å²) >= 11 is 6.20. The number of hydrogen-bond donors (Lipinski definition) is 2. The average Bonchev–Trinajstić information content (AvgIpc) is 2.92. The molecule has 2 aliphatic heterocycles. The van der Waals surface area contributed by atoms with E-state index in [1.54, 1.807) is 18.2 Å². The fourth-order valence-electron chi connectivity index (χ4n) is 2.95. The lowest BCUT2D eigenvalue weighted by Crippen LogP contribution is -2.44. The van der Waals surface area contributed by atoms with Gasteiger partial charge in [0.05, 0.1) is 13.2 Å². The Kier molecular flexibility index (Phi) is 4.54. The summed E-state index contributed by atoms with van der Waals surface area (Å²) in [5, 5.41) is 19.1. The molecular weight excluding hydrogens is 292 g/mol. The van der Waals surface area contributed by atoms with Gasteiger partial charge in [-0.05, 0) is 17.1 Å². The van der Waals surface area contributed by atoms with Gasteiger partial charge < -0.3 is 19.5 Å². The molecule has 0 unspecified atom stereocenters. The van der Waals surface area contributed by atoms with Crippen molar-refractivity contribution in [3.8, 4) is 0 Å². The normalized spacial score (nSPS) is 21.9. The maximum absolute atomic E-state index is 9.25. The highest BCUT2D eigenvalue weighted by Gasteiger charge is 2.39. The van der Waals surface area contributed by atoms with Crippen LogP contribution in [0.4, 0.5) is 0 Å². The minimum absolute atomic E-state index is 0.372. The maximum atomic E-state index is 9.25. The molecule has 21 heavy (non-hydrogen) atoms. The highest BCUT2D eigenvalue weighted by molar-refractivity contribution is 6.58. The van der Waals surface area contributed by atoms with E-state index in [0.29, 0.717) is 30.2 Å². The van der Waals surface area contributed by atoms with E-state index in [0.717, 1.165) is 31.5 Å². The zero-order chi connectivity index (χ0) is 14.9. The van der Waals surface area contributed by atoms with Gasteiger partial charge in [0, 0.05) is 37.5 Å². The van der Waals surface area contributed by atoms with Gasteiger partial charge in [-0.25, -0.2) is 0 Å². The number of ether oxygens (including phenoxy) is 2. The third-order valence-electron chi connectivity index (χ3n) is 4.19. The van der Waals surface area contributed by atoms with Gasteiger partial charge in [-0.3, -0.25) is 4.90 Å². The van der Waals surface area contributed by atoms with Crippen molar-refractivity contribution in [1.29, 1.82) is 0 Å². The predicted octanol–water partition coefficient (Wildman–Crippen LogP) is 0.359. The Labute approximate surface area is 129 Å². The van der Waals surface area contributed by atoms with E-state index in [-0.39, 0.29) is 5.79 Å². The van der Waals surface area contributed by atoms with Crippen molar-refractivity contribution >= 4 is 24.2 Å². The Bertz CT molecular complexity index is 498. The lowest BCUT2D eigenvalue weighted by molar-refractivity contribution is -0.185. The Hall–Kier alpha value is -0.625. The number of benzene rings is 1. The molecule has 1 spiro atoms. The van der Waals surface area contributed by atoms with Crippen molar-refractivity contribution in [1.82, 2.24) is 4.90 Å². The van der Waals surface area contributed by atoms with Gasteiger partial charge in [0.1, 0.15) is 0 Å². The second kappa shape index (κ2) is 6.24. The molecule has 2 N–H and O–H groups in total. The number of piperidine rings is 1. The summed E-state index contributed by atoms with van der Waals surface area (Å²) in [4.78, 5) is 2.28. The van der Waals surface area contributed by atoms with Crippen LogP contribution >= 0.6 is 11.6 Å². The third kappa shape index (κ3) is 3.42. The number of likely N-dealkylation sites (tertiary alicyclic amines) is 1. The van der Waals surface area contributed by atoms with Gasteiger partial charge in [0.2, 0.25) is 0 Å². The van der Waals surface area contributed by atoms with E-state index in [2.05, 4.69) is 4.90 Å². The first-order valence-corrected chi connectivity index (χ1v) is 7.60. The molecule has 0 amide bonds. The monoisotopic (exact) mass is 311 g/mol. The van der Waals surface area contributed by atoms with Crippen LogP contribution in [0.15, 0.2) is 18.2 Å². The quantitative estimate of drug-likeness (QED) is 0.789. The first-order valence-electron chi connectivity index (χ1n) is 7.23. The standard InChI is InChI=1S/C14H19BClNO4/c16-13-2-1-12(15(18)19)9-11(13)10-17-5-3-14(4-6-17)20-7-8-21-14/h1-2,9,18-19H,3-8,10H2. The molecule has 0 aromatic heterocycles. The Morgan fingerprint density at radius 2 is 1.86 bits per heavy atom. The smallest absolute Gasteiger partial charge is 0.423 e. The maximum Gasteiger partial charge on any atom is 0.488 e. The molecule has 2 heterocycles. The highest BCUT2D eigenvalue weighted by atomic mass is 35.5. The summed E-state index contributed by atoms with van der Waals surface area (Å²) in [7, 11) is -1.47. The molecule has 7 heteroatoms. The molecule has 114 valence electrons. The van der Waals surface area contributed by atoms with Crippen LogP contribution in [0, 0.1) is 0 Å². The summed E-state index contributed by atoms with van der Waals surface area (Å²) in [6, 6.07) is 5.09. The van der Waals surface area contributed by atoms with Crippen molar-refractivity contribution in [2.75, 3.05) is 26.3 Å². The van der Waals surface area contributed by atoms with Crippen molar-refractivity contribution < 1.29 is 19.5 Å². The van der Waals surface area contributed by atoms with Crippen molar-refractivity contribution in [2.24, 2.45) is 0 Å². The predicted molar refractivity (Wildman–Crippen MR) is 80.4 cm³/mol. The number of rotatable bonds is 3. The molecule has 5 nitrogen and oxygen atoms in total. The lowest BCUT2D eigenvalue weighted by atomic mass is 9.79. The molecule has 0 bridgehead atoms. The molecule has 2 aliphatic rings. The van der Waals surface area contributed by atoms with Crippen LogP contribution in [0.1, 0.15) is 18.4 Å². The van der Waals surface area contributed by atoms with Gasteiger partial charge in [0.25, 0.3) is 0 Å². The SMILES string of the molecule is OB(O)c1ccc(Cl)c(CN2CCC3(CC2)OCCO3)c1. The summed E-state index contributed by atoms with van der Waals surface area (Å²) < 4.78 is 11.4. The lowest BCUT2D eigenvalue weighted by Gasteiger charge is -2.37. The summed E-state index contributed by atoms with van der Waals surface area (Å²) in [5.74, 6) is -0.372. The molecule has 1 aromatic rings. The van der Waals surface area contributed by atoms with E-state index in [1.807, 2.05) is 0 Å². The van der Waals surface area contributed by atoms with Gasteiger partial charge in [0.15, 0.2) is 5.79 Å². The molecule has 1 aromatic carbocycles. The molecule has 0 aliphatic carbocycles. The Morgan fingerprint density at radius 1 is 1.19 bits per heavy atom. The van der Waals surface area contributed by atoms with E-state index in [4.69, 9.17) is 21.1 Å². The number of hydrogen-bond acceptors (Lipinski definition) is 5. The van der Waals surface area contributed by atoms with Gasteiger partial charge in [-0.15, -0.1) is 0 Å². The fourth-order valence-corrected chi connectivity index (χ4v) is 3.13. The van der Waals surface area contributed by atoms with Crippen LogP contribution in [0.3, 0.4) is 0 Å². The van der Waals surface area contributed by atoms with Crippen LogP contribution < -0.4 is 5.46 Å². The largest absolute Gasteiger partial charge is 0.488 e. The van der Waals surface area contributed by atoms with Gasteiger partial charge in [-0.1, -0.05) is 23.7 Å². The molecule has 2 fully saturated rings. The van der Waals surface area contributed by atoms with E-state index >= 15 is 0 Å². The van der Waals surface area contributed by atoms with Crippen LogP contribution in [0.2, 0.25) is 5.02 Å². The Morgan fingerprint density at radius 3 is 2.48 bits per heavy atom. The highest BCUT2D eigenvalue weighted by Crippen LogP contribution is 2.32. The summed E-state index contributed by atoms with van der Waals surface area (Å²) in [5.41, 5.74) is 1.37. The number of nitrogens with zero attached hydrogens (tertiary/aromatic N) is 1. The molecule has 0 atom stereocenters. The van der Waals surface area contributed by atoms with E-state index in [1.165, 1.54) is 0 Å². The molecule has 3 rings (SSSR count). The fraction of sp³-hybridized carbons (Fsp3) is 0.571.